The van der Waals surface area contributed by atoms with Gasteiger partial charge in [-0.3, -0.25) is 9.69 Å². The van der Waals surface area contributed by atoms with Crippen LogP contribution in [0.3, 0.4) is 0 Å². The van der Waals surface area contributed by atoms with Gasteiger partial charge in [-0.2, -0.15) is 5.10 Å². The summed E-state index contributed by atoms with van der Waals surface area (Å²) in [6.45, 7) is 3.30. The van der Waals surface area contributed by atoms with Crippen molar-refractivity contribution in [1.82, 2.24) is 14.7 Å². The summed E-state index contributed by atoms with van der Waals surface area (Å²) in [6.07, 6.45) is 7.06. The number of likely N-dealkylation sites (tertiary alicyclic amines) is 1. The van der Waals surface area contributed by atoms with Crippen LogP contribution in [0.25, 0.3) is 0 Å². The molecule has 1 amide bonds. The molecule has 0 aromatic carbocycles. The first-order valence-corrected chi connectivity index (χ1v) is 7.88. The van der Waals surface area contributed by atoms with E-state index in [-0.39, 0.29) is 5.91 Å². The number of hydrogen-bond acceptors (Lipinski definition) is 5. The Kier molecular flexibility index (Phi) is 5.09. The standard InChI is InChI=1S/C16H22N4O3/c1-22-12-20-10-13(9-17-20)18-16(21)15-6-5-14(23-15)11-19-7-3-2-4-8-19/h5-6,9-10H,2-4,7-8,11-12H2,1H3,(H,18,21). The van der Waals surface area contributed by atoms with Crippen molar-refractivity contribution < 1.29 is 13.9 Å². The highest BCUT2D eigenvalue weighted by Crippen LogP contribution is 2.16. The summed E-state index contributed by atoms with van der Waals surface area (Å²) in [5.74, 6) is 0.871. The van der Waals surface area contributed by atoms with Gasteiger partial charge in [-0.1, -0.05) is 6.42 Å². The lowest BCUT2D eigenvalue weighted by Gasteiger charge is -2.25. The Labute approximate surface area is 135 Å². The molecule has 0 radical (unpaired) electrons. The van der Waals surface area contributed by atoms with Gasteiger partial charge >= 0.3 is 0 Å². The van der Waals surface area contributed by atoms with E-state index in [9.17, 15) is 4.79 Å². The number of rotatable bonds is 6. The number of methoxy groups -OCH3 is 1. The quantitative estimate of drug-likeness (QED) is 0.885. The first kappa shape index (κ1) is 15.8. The lowest BCUT2D eigenvalue weighted by Crippen LogP contribution is -2.28. The van der Waals surface area contributed by atoms with Crippen LogP contribution in [0.1, 0.15) is 35.6 Å². The Morgan fingerprint density at radius 1 is 1.35 bits per heavy atom. The normalized spacial score (nSPS) is 15.7. The number of furan rings is 1. The molecule has 1 fully saturated rings. The third-order valence-electron chi connectivity index (χ3n) is 3.87. The van der Waals surface area contributed by atoms with E-state index in [4.69, 9.17) is 9.15 Å². The Balaban J connectivity index is 1.56. The fraction of sp³-hybridized carbons (Fsp3) is 0.500. The van der Waals surface area contributed by atoms with Crippen LogP contribution in [-0.4, -0.2) is 40.8 Å². The molecule has 1 aliphatic rings. The molecular weight excluding hydrogens is 296 g/mol. The predicted molar refractivity (Wildman–Crippen MR) is 85.0 cm³/mol. The molecule has 124 valence electrons. The minimum Gasteiger partial charge on any atom is -0.455 e. The summed E-state index contributed by atoms with van der Waals surface area (Å²) >= 11 is 0. The molecule has 3 heterocycles. The molecule has 23 heavy (non-hydrogen) atoms. The largest absolute Gasteiger partial charge is 0.455 e. The summed E-state index contributed by atoms with van der Waals surface area (Å²) in [5, 5.41) is 6.84. The van der Waals surface area contributed by atoms with E-state index < -0.39 is 0 Å². The fourth-order valence-electron chi connectivity index (χ4n) is 2.75. The molecule has 0 aliphatic carbocycles. The first-order chi connectivity index (χ1) is 11.2. The fourth-order valence-corrected chi connectivity index (χ4v) is 2.75. The number of ether oxygens (including phenoxy) is 1. The maximum atomic E-state index is 12.2. The van der Waals surface area contributed by atoms with Gasteiger partial charge in [0.2, 0.25) is 0 Å². The van der Waals surface area contributed by atoms with E-state index in [1.54, 1.807) is 30.3 Å². The van der Waals surface area contributed by atoms with E-state index in [1.165, 1.54) is 19.3 Å². The molecule has 0 spiro atoms. The second-order valence-corrected chi connectivity index (χ2v) is 5.74. The van der Waals surface area contributed by atoms with Gasteiger partial charge in [-0.25, -0.2) is 4.68 Å². The molecule has 1 N–H and O–H groups in total. The van der Waals surface area contributed by atoms with Gasteiger partial charge in [0.05, 0.1) is 24.6 Å². The molecule has 2 aromatic heterocycles. The zero-order valence-electron chi connectivity index (χ0n) is 13.3. The van der Waals surface area contributed by atoms with Crippen molar-refractivity contribution in [2.45, 2.75) is 32.5 Å². The van der Waals surface area contributed by atoms with Crippen molar-refractivity contribution in [2.24, 2.45) is 0 Å². The Hall–Kier alpha value is -2.12. The highest BCUT2D eigenvalue weighted by Gasteiger charge is 2.16. The maximum absolute atomic E-state index is 12.2. The summed E-state index contributed by atoms with van der Waals surface area (Å²) in [6, 6.07) is 3.59. The number of amides is 1. The summed E-state index contributed by atoms with van der Waals surface area (Å²) < 4.78 is 12.2. The average Bonchev–Trinajstić information content (AvgIpc) is 3.18. The van der Waals surface area contributed by atoms with Gasteiger partial charge in [0.25, 0.3) is 5.91 Å². The smallest absolute Gasteiger partial charge is 0.291 e. The molecule has 0 unspecified atom stereocenters. The molecular formula is C16H22N4O3. The number of anilines is 1. The Morgan fingerprint density at radius 3 is 2.96 bits per heavy atom. The molecule has 7 nitrogen and oxygen atoms in total. The average molecular weight is 318 g/mol. The van der Waals surface area contributed by atoms with Gasteiger partial charge in [0, 0.05) is 7.11 Å². The van der Waals surface area contributed by atoms with Crippen LogP contribution < -0.4 is 5.32 Å². The van der Waals surface area contributed by atoms with Crippen LogP contribution in [0.5, 0.6) is 0 Å². The number of aromatic nitrogens is 2. The van der Waals surface area contributed by atoms with Crippen molar-refractivity contribution >= 4 is 11.6 Å². The van der Waals surface area contributed by atoms with Crippen LogP contribution in [0, 0.1) is 0 Å². The minimum absolute atomic E-state index is 0.271. The van der Waals surface area contributed by atoms with Gasteiger partial charge in [-0.05, 0) is 38.1 Å². The minimum atomic E-state index is -0.271. The van der Waals surface area contributed by atoms with Crippen molar-refractivity contribution in [3.05, 3.63) is 36.0 Å². The van der Waals surface area contributed by atoms with E-state index in [2.05, 4.69) is 15.3 Å². The van der Waals surface area contributed by atoms with Gasteiger partial charge < -0.3 is 14.5 Å². The highest BCUT2D eigenvalue weighted by atomic mass is 16.5. The third kappa shape index (κ3) is 4.20. The van der Waals surface area contributed by atoms with E-state index in [0.29, 0.717) is 18.2 Å². The van der Waals surface area contributed by atoms with Crippen LogP contribution in [-0.2, 0) is 18.0 Å². The summed E-state index contributed by atoms with van der Waals surface area (Å²) in [7, 11) is 1.59. The third-order valence-corrected chi connectivity index (χ3v) is 3.87. The van der Waals surface area contributed by atoms with Gasteiger partial charge in [-0.15, -0.1) is 0 Å². The Morgan fingerprint density at radius 2 is 2.17 bits per heavy atom. The first-order valence-electron chi connectivity index (χ1n) is 7.88. The van der Waals surface area contributed by atoms with Gasteiger partial charge in [0.1, 0.15) is 12.5 Å². The Bertz CT molecular complexity index is 643. The second-order valence-electron chi connectivity index (χ2n) is 5.74. The number of nitrogens with one attached hydrogen (secondary N) is 1. The van der Waals surface area contributed by atoms with Crippen molar-refractivity contribution in [1.29, 1.82) is 0 Å². The number of hydrogen-bond donors (Lipinski definition) is 1. The number of carbonyl (C=O) groups is 1. The SMILES string of the molecule is COCn1cc(NC(=O)c2ccc(CN3CCCCC3)o2)cn1. The van der Waals surface area contributed by atoms with Crippen molar-refractivity contribution in [2.75, 3.05) is 25.5 Å². The molecule has 1 aliphatic heterocycles. The van der Waals surface area contributed by atoms with E-state index >= 15 is 0 Å². The monoisotopic (exact) mass is 318 g/mol. The molecule has 0 bridgehead atoms. The van der Waals surface area contributed by atoms with Crippen LogP contribution in [0.15, 0.2) is 28.9 Å². The van der Waals surface area contributed by atoms with Crippen molar-refractivity contribution in [3.63, 3.8) is 0 Å². The number of piperidine rings is 1. The molecule has 7 heteroatoms. The maximum Gasteiger partial charge on any atom is 0.291 e. The molecule has 3 rings (SSSR count). The summed E-state index contributed by atoms with van der Waals surface area (Å²) in [4.78, 5) is 14.6. The van der Waals surface area contributed by atoms with Gasteiger partial charge in [0.15, 0.2) is 5.76 Å². The molecule has 2 aromatic rings. The predicted octanol–water partition coefficient (Wildman–Crippen LogP) is 2.32. The number of carbonyl (C=O) groups excluding carboxylic acids is 1. The zero-order valence-corrected chi connectivity index (χ0v) is 13.3. The topological polar surface area (TPSA) is 72.5 Å². The highest BCUT2D eigenvalue weighted by molar-refractivity contribution is 6.02. The van der Waals surface area contributed by atoms with Crippen LogP contribution >= 0.6 is 0 Å². The van der Waals surface area contributed by atoms with E-state index in [1.807, 2.05) is 6.07 Å². The zero-order chi connectivity index (χ0) is 16.1. The van der Waals surface area contributed by atoms with Crippen LogP contribution in [0.4, 0.5) is 5.69 Å². The van der Waals surface area contributed by atoms with Crippen molar-refractivity contribution in [3.8, 4) is 0 Å². The molecule has 0 saturated carbocycles. The number of nitrogens with zero attached hydrogens (tertiary/aromatic N) is 3. The molecule has 1 saturated heterocycles. The lowest BCUT2D eigenvalue weighted by molar-refractivity contribution is 0.0991. The molecule has 0 atom stereocenters. The van der Waals surface area contributed by atoms with Crippen LogP contribution in [0.2, 0.25) is 0 Å². The van der Waals surface area contributed by atoms with E-state index in [0.717, 1.165) is 25.4 Å². The lowest BCUT2D eigenvalue weighted by atomic mass is 10.1. The second kappa shape index (κ2) is 7.43. The summed E-state index contributed by atoms with van der Waals surface area (Å²) in [5.41, 5.74) is 0.612.